The molecule has 1 heterocycles. The minimum atomic E-state index is -0.542. The number of nitrogens with zero attached hydrogens (tertiary/aromatic N) is 2. The van der Waals surface area contributed by atoms with Crippen molar-refractivity contribution in [1.82, 2.24) is 9.97 Å². The summed E-state index contributed by atoms with van der Waals surface area (Å²) in [5.74, 6) is 1.75. The normalized spacial score (nSPS) is 48.6. The van der Waals surface area contributed by atoms with E-state index in [2.05, 4.69) is 48.1 Å². The Kier molecular flexibility index (Phi) is 5.09. The smallest absolute Gasteiger partial charge is 0.309 e. The van der Waals surface area contributed by atoms with E-state index in [4.69, 9.17) is 9.97 Å². The minimum absolute atomic E-state index is 0.0250. The Hall–Kier alpha value is -1.71. The summed E-state index contributed by atoms with van der Waals surface area (Å²) in [5, 5.41) is 10.6. The number of hydrogen-bond donors (Lipinski definition) is 1. The summed E-state index contributed by atoms with van der Waals surface area (Å²) in [5.41, 5.74) is 3.69. The number of carbonyl (C=O) groups is 1. The van der Waals surface area contributed by atoms with Crippen LogP contribution >= 0.6 is 0 Å². The van der Waals surface area contributed by atoms with Crippen molar-refractivity contribution in [2.45, 2.75) is 105 Å². The monoisotopic (exact) mass is 490 g/mol. The van der Waals surface area contributed by atoms with Gasteiger partial charge in [0.15, 0.2) is 0 Å². The van der Waals surface area contributed by atoms with Crippen LogP contribution in [0.2, 0.25) is 0 Å². The lowest BCUT2D eigenvalue weighted by Crippen LogP contribution is -2.67. The predicted molar refractivity (Wildman–Crippen MR) is 142 cm³/mol. The molecule has 0 spiro atoms. The largest absolute Gasteiger partial charge is 0.481 e. The third kappa shape index (κ3) is 2.75. The number of carboxylic acid groups (broad SMARTS) is 1. The Morgan fingerprint density at radius 3 is 2.33 bits per heavy atom. The lowest BCUT2D eigenvalue weighted by molar-refractivity contribution is -0.228. The van der Waals surface area contributed by atoms with Gasteiger partial charge in [-0.25, -0.2) is 0 Å². The first-order valence-corrected chi connectivity index (χ1v) is 14.5. The number of carboxylic acids is 1. The van der Waals surface area contributed by atoms with Gasteiger partial charge in [-0.2, -0.15) is 0 Å². The highest BCUT2D eigenvalue weighted by Gasteiger charge is 2.72. The molecule has 4 nitrogen and oxygen atoms in total. The minimum Gasteiger partial charge on any atom is -0.481 e. The summed E-state index contributed by atoms with van der Waals surface area (Å²) < 4.78 is 0. The standard InChI is InChI=1S/C32H46N2O2/c1-19(2)20-10-13-32(27(35)36)15-14-30(6)21(25(20)32)8-9-24-29(5)18-22-26(34-17-16-33-22)28(3,4)23(29)11-12-31(24,30)7/h16-17,20-21,23-25H,1,8-15,18H2,2-7H3,(H,35,36)/t20-,21?,23?,24?,25?,29-,30+,31+,32-/m0/s1. The van der Waals surface area contributed by atoms with E-state index in [-0.39, 0.29) is 27.6 Å². The van der Waals surface area contributed by atoms with Gasteiger partial charge in [-0.15, -0.1) is 0 Å². The molecular weight excluding hydrogens is 444 g/mol. The van der Waals surface area contributed by atoms with Crippen LogP contribution in [0.3, 0.4) is 0 Å². The van der Waals surface area contributed by atoms with Crippen molar-refractivity contribution in [2.24, 2.45) is 51.2 Å². The van der Waals surface area contributed by atoms with Crippen molar-refractivity contribution in [3.8, 4) is 0 Å². The fraction of sp³-hybridized carbons (Fsp3) is 0.781. The van der Waals surface area contributed by atoms with Gasteiger partial charge in [0, 0.05) is 17.8 Å². The van der Waals surface area contributed by atoms with Gasteiger partial charge in [-0.05, 0) is 111 Å². The van der Waals surface area contributed by atoms with E-state index in [1.807, 2.05) is 12.4 Å². The van der Waals surface area contributed by atoms with Crippen molar-refractivity contribution >= 4 is 5.97 Å². The molecular formula is C32H46N2O2. The Bertz CT molecular complexity index is 1130. The van der Waals surface area contributed by atoms with E-state index in [1.165, 1.54) is 36.2 Å². The Balaban J connectivity index is 1.44. The number of rotatable bonds is 2. The number of hydrogen-bond acceptors (Lipinski definition) is 3. The topological polar surface area (TPSA) is 63.1 Å². The van der Waals surface area contributed by atoms with Gasteiger partial charge in [0.05, 0.1) is 16.8 Å². The molecule has 4 unspecified atom stereocenters. The molecule has 196 valence electrons. The molecule has 0 aromatic carbocycles. The van der Waals surface area contributed by atoms with E-state index >= 15 is 0 Å². The van der Waals surface area contributed by atoms with Crippen LogP contribution in [0.25, 0.3) is 0 Å². The van der Waals surface area contributed by atoms with Gasteiger partial charge in [0.2, 0.25) is 0 Å². The third-order valence-electron chi connectivity index (χ3n) is 13.6. The summed E-state index contributed by atoms with van der Waals surface area (Å²) in [4.78, 5) is 22.6. The summed E-state index contributed by atoms with van der Waals surface area (Å²) in [6.45, 7) is 19.1. The predicted octanol–water partition coefficient (Wildman–Crippen LogP) is 7.23. The molecule has 4 heteroatoms. The van der Waals surface area contributed by atoms with Gasteiger partial charge in [-0.1, -0.05) is 46.8 Å². The molecule has 1 aromatic rings. The number of aromatic nitrogens is 2. The summed E-state index contributed by atoms with van der Waals surface area (Å²) in [6.07, 6.45) is 13.4. The van der Waals surface area contributed by atoms with Crippen LogP contribution < -0.4 is 0 Å². The summed E-state index contributed by atoms with van der Waals surface area (Å²) in [6, 6.07) is 0. The van der Waals surface area contributed by atoms with Gasteiger partial charge < -0.3 is 5.11 Å². The Morgan fingerprint density at radius 1 is 0.917 bits per heavy atom. The van der Waals surface area contributed by atoms with Crippen LogP contribution in [0.1, 0.15) is 104 Å². The molecule has 9 atom stereocenters. The third-order valence-corrected chi connectivity index (χ3v) is 13.6. The molecule has 1 aromatic heterocycles. The van der Waals surface area contributed by atoms with E-state index in [0.717, 1.165) is 38.5 Å². The lowest BCUT2D eigenvalue weighted by Gasteiger charge is -2.72. The molecule has 0 radical (unpaired) electrons. The van der Waals surface area contributed by atoms with Gasteiger partial charge in [0.25, 0.3) is 0 Å². The maximum atomic E-state index is 12.9. The van der Waals surface area contributed by atoms with Gasteiger partial charge in [-0.3, -0.25) is 14.8 Å². The van der Waals surface area contributed by atoms with Crippen LogP contribution in [-0.2, 0) is 16.6 Å². The SMILES string of the molecule is C=C(C)[C@@H]1CC[C@]2(C(=O)O)CC[C@]3(C)C(CCC4[C@@]5(C)Cc6nccnc6C(C)(C)C5CC[C@]43C)C12. The maximum Gasteiger partial charge on any atom is 0.309 e. The molecule has 1 N–H and O–H groups in total. The van der Waals surface area contributed by atoms with Crippen molar-refractivity contribution in [3.63, 3.8) is 0 Å². The highest BCUT2D eigenvalue weighted by molar-refractivity contribution is 5.76. The van der Waals surface area contributed by atoms with Gasteiger partial charge >= 0.3 is 5.97 Å². The molecule has 4 saturated carbocycles. The average Bonchev–Trinajstić information content (AvgIpc) is 3.21. The van der Waals surface area contributed by atoms with E-state index in [9.17, 15) is 9.90 Å². The molecule has 6 rings (SSSR count). The molecule has 5 aliphatic carbocycles. The van der Waals surface area contributed by atoms with Crippen LogP contribution in [0.5, 0.6) is 0 Å². The zero-order chi connectivity index (χ0) is 25.9. The Labute approximate surface area is 217 Å². The number of allylic oxidation sites excluding steroid dienone is 1. The van der Waals surface area contributed by atoms with Crippen LogP contribution in [0.15, 0.2) is 24.5 Å². The van der Waals surface area contributed by atoms with Crippen molar-refractivity contribution in [1.29, 1.82) is 0 Å². The van der Waals surface area contributed by atoms with Crippen molar-refractivity contribution in [2.75, 3.05) is 0 Å². The molecule has 4 fully saturated rings. The fourth-order valence-electron chi connectivity index (χ4n) is 11.9. The van der Waals surface area contributed by atoms with E-state index in [0.29, 0.717) is 23.7 Å². The van der Waals surface area contributed by atoms with Crippen LogP contribution in [0.4, 0.5) is 0 Å². The fourth-order valence-corrected chi connectivity index (χ4v) is 11.9. The molecule has 5 aliphatic rings. The molecule has 0 amide bonds. The zero-order valence-corrected chi connectivity index (χ0v) is 23.4. The molecule has 0 aliphatic heterocycles. The van der Waals surface area contributed by atoms with Crippen molar-refractivity contribution in [3.05, 3.63) is 35.9 Å². The number of fused-ring (bicyclic) bond motifs is 8. The van der Waals surface area contributed by atoms with Crippen LogP contribution in [0, 0.1) is 51.2 Å². The first kappa shape index (κ1) is 24.6. The van der Waals surface area contributed by atoms with Gasteiger partial charge in [0.1, 0.15) is 0 Å². The maximum absolute atomic E-state index is 12.9. The quantitative estimate of drug-likeness (QED) is 0.444. The molecule has 0 bridgehead atoms. The van der Waals surface area contributed by atoms with Crippen LogP contribution in [-0.4, -0.2) is 21.0 Å². The lowest BCUT2D eigenvalue weighted by atomic mass is 9.32. The first-order chi connectivity index (χ1) is 16.8. The summed E-state index contributed by atoms with van der Waals surface area (Å²) >= 11 is 0. The average molecular weight is 491 g/mol. The van der Waals surface area contributed by atoms with E-state index in [1.54, 1.807) is 0 Å². The molecule has 36 heavy (non-hydrogen) atoms. The second-order valence-corrected chi connectivity index (χ2v) is 14.9. The van der Waals surface area contributed by atoms with Crippen molar-refractivity contribution < 1.29 is 9.90 Å². The van der Waals surface area contributed by atoms with E-state index < -0.39 is 11.4 Å². The summed E-state index contributed by atoms with van der Waals surface area (Å²) in [7, 11) is 0. The number of aliphatic carboxylic acids is 1. The highest BCUT2D eigenvalue weighted by Crippen LogP contribution is 2.77. The second kappa shape index (κ2) is 7.44. The zero-order valence-electron chi connectivity index (χ0n) is 23.4. The first-order valence-electron chi connectivity index (χ1n) is 14.5. The highest BCUT2D eigenvalue weighted by atomic mass is 16.4. The second-order valence-electron chi connectivity index (χ2n) is 14.9. The molecule has 0 saturated heterocycles. The Morgan fingerprint density at radius 2 is 1.64 bits per heavy atom.